The Hall–Kier alpha value is -3.17. The highest BCUT2D eigenvalue weighted by molar-refractivity contribution is 6.31. The van der Waals surface area contributed by atoms with E-state index in [0.717, 1.165) is 16.6 Å². The molecule has 6 nitrogen and oxygen atoms in total. The summed E-state index contributed by atoms with van der Waals surface area (Å²) in [6.07, 6.45) is 4.83. The number of piperazine rings is 1. The first-order chi connectivity index (χ1) is 13.2. The number of hydrogen-bond acceptors (Lipinski definition) is 5. The third kappa shape index (κ3) is 3.29. The van der Waals surface area contributed by atoms with Crippen LogP contribution in [0.2, 0.25) is 5.02 Å². The number of benzene rings is 1. The lowest BCUT2D eigenvalue weighted by Gasteiger charge is -2.37. The number of nitrogens with zero attached hydrogens (tertiary/aromatic N) is 5. The summed E-state index contributed by atoms with van der Waals surface area (Å²) in [5.41, 5.74) is 2.72. The molecule has 0 radical (unpaired) electrons. The standard InChI is InChI=1S/C20H16ClN5O/c21-16-3-4-18-17(10-16)19(15(11-22)13-24-18)25-6-8-26(9-7-25)20(27)14-2-1-5-23-12-14/h1-5,10,12-13H,6-9H2. The summed E-state index contributed by atoms with van der Waals surface area (Å²) in [6, 6.07) is 11.2. The van der Waals surface area contributed by atoms with Gasteiger partial charge in [0, 0.05) is 55.2 Å². The first-order valence-corrected chi connectivity index (χ1v) is 8.98. The van der Waals surface area contributed by atoms with Crippen molar-refractivity contribution in [3.8, 4) is 6.07 Å². The summed E-state index contributed by atoms with van der Waals surface area (Å²) in [5.74, 6) is -0.0223. The SMILES string of the molecule is N#Cc1cnc2ccc(Cl)cc2c1N1CCN(C(=O)c2cccnc2)CC1. The molecule has 134 valence electrons. The number of anilines is 1. The molecule has 1 aliphatic rings. The molecule has 0 spiro atoms. The zero-order valence-corrected chi connectivity index (χ0v) is 15.2. The quantitative estimate of drug-likeness (QED) is 0.686. The van der Waals surface area contributed by atoms with Gasteiger partial charge in [0.2, 0.25) is 0 Å². The second-order valence-electron chi connectivity index (χ2n) is 6.31. The molecule has 0 saturated carbocycles. The second-order valence-corrected chi connectivity index (χ2v) is 6.75. The van der Waals surface area contributed by atoms with Gasteiger partial charge in [0.15, 0.2) is 0 Å². The van der Waals surface area contributed by atoms with E-state index in [1.807, 2.05) is 17.0 Å². The third-order valence-corrected chi connectivity index (χ3v) is 4.95. The van der Waals surface area contributed by atoms with Crippen molar-refractivity contribution in [2.75, 3.05) is 31.1 Å². The Morgan fingerprint density at radius 2 is 1.96 bits per heavy atom. The smallest absolute Gasteiger partial charge is 0.255 e. The molecular weight excluding hydrogens is 362 g/mol. The number of carbonyl (C=O) groups excluding carboxylic acids is 1. The zero-order chi connectivity index (χ0) is 18.8. The third-order valence-electron chi connectivity index (χ3n) is 4.71. The Morgan fingerprint density at radius 3 is 2.67 bits per heavy atom. The molecule has 0 aliphatic carbocycles. The van der Waals surface area contributed by atoms with Crippen LogP contribution in [0.4, 0.5) is 5.69 Å². The molecule has 0 atom stereocenters. The molecule has 3 aromatic rings. The molecule has 3 heterocycles. The van der Waals surface area contributed by atoms with Crippen LogP contribution in [0.25, 0.3) is 10.9 Å². The number of rotatable bonds is 2. The van der Waals surface area contributed by atoms with Crippen molar-refractivity contribution in [1.29, 1.82) is 5.26 Å². The van der Waals surface area contributed by atoms with Crippen LogP contribution in [0, 0.1) is 11.3 Å². The zero-order valence-electron chi connectivity index (χ0n) is 14.5. The number of halogens is 1. The van der Waals surface area contributed by atoms with Crippen molar-refractivity contribution in [1.82, 2.24) is 14.9 Å². The van der Waals surface area contributed by atoms with E-state index >= 15 is 0 Å². The van der Waals surface area contributed by atoms with Gasteiger partial charge < -0.3 is 9.80 Å². The van der Waals surface area contributed by atoms with Gasteiger partial charge in [0.05, 0.1) is 22.3 Å². The molecule has 2 aromatic heterocycles. The summed E-state index contributed by atoms with van der Waals surface area (Å²) in [4.78, 5) is 24.9. The molecule has 0 unspecified atom stereocenters. The van der Waals surface area contributed by atoms with Gasteiger partial charge in [-0.15, -0.1) is 0 Å². The molecule has 1 fully saturated rings. The number of pyridine rings is 2. The number of aromatic nitrogens is 2. The lowest BCUT2D eigenvalue weighted by Crippen LogP contribution is -2.49. The Labute approximate surface area is 161 Å². The summed E-state index contributed by atoms with van der Waals surface area (Å²) in [7, 11) is 0. The maximum atomic E-state index is 12.6. The second kappa shape index (κ2) is 7.22. The monoisotopic (exact) mass is 377 g/mol. The van der Waals surface area contributed by atoms with Gasteiger partial charge in [-0.25, -0.2) is 0 Å². The first-order valence-electron chi connectivity index (χ1n) is 8.60. The summed E-state index contributed by atoms with van der Waals surface area (Å²) >= 11 is 6.17. The van der Waals surface area contributed by atoms with Crippen LogP contribution in [0.5, 0.6) is 0 Å². The lowest BCUT2D eigenvalue weighted by atomic mass is 10.1. The highest BCUT2D eigenvalue weighted by Gasteiger charge is 2.25. The maximum absolute atomic E-state index is 12.6. The predicted octanol–water partition coefficient (Wildman–Crippen LogP) is 3.12. The number of amides is 1. The molecular formula is C20H16ClN5O. The highest BCUT2D eigenvalue weighted by Crippen LogP contribution is 2.32. The van der Waals surface area contributed by atoms with Gasteiger partial charge in [0.1, 0.15) is 6.07 Å². The summed E-state index contributed by atoms with van der Waals surface area (Å²) in [6.45, 7) is 2.41. The van der Waals surface area contributed by atoms with Crippen LogP contribution in [0.3, 0.4) is 0 Å². The molecule has 0 bridgehead atoms. The molecule has 1 saturated heterocycles. The van der Waals surface area contributed by atoms with Crippen LogP contribution >= 0.6 is 11.6 Å². The van der Waals surface area contributed by atoms with Crippen molar-refractivity contribution in [3.63, 3.8) is 0 Å². The first kappa shape index (κ1) is 17.3. The van der Waals surface area contributed by atoms with Crippen LogP contribution in [0.1, 0.15) is 15.9 Å². The predicted molar refractivity (Wildman–Crippen MR) is 104 cm³/mol. The fraction of sp³-hybridized carbons (Fsp3) is 0.200. The molecule has 1 amide bonds. The fourth-order valence-corrected chi connectivity index (χ4v) is 3.55. The van der Waals surface area contributed by atoms with Gasteiger partial charge >= 0.3 is 0 Å². The van der Waals surface area contributed by atoms with Crippen molar-refractivity contribution >= 4 is 34.1 Å². The van der Waals surface area contributed by atoms with E-state index < -0.39 is 0 Å². The summed E-state index contributed by atoms with van der Waals surface area (Å²) in [5, 5.41) is 11.0. The molecule has 0 N–H and O–H groups in total. The molecule has 7 heteroatoms. The lowest BCUT2D eigenvalue weighted by molar-refractivity contribution is 0.0746. The van der Waals surface area contributed by atoms with Gasteiger partial charge in [-0.1, -0.05) is 11.6 Å². The highest BCUT2D eigenvalue weighted by atomic mass is 35.5. The Bertz CT molecular complexity index is 1040. The van der Waals surface area contributed by atoms with Crippen LogP contribution in [-0.2, 0) is 0 Å². The van der Waals surface area contributed by atoms with E-state index in [-0.39, 0.29) is 5.91 Å². The van der Waals surface area contributed by atoms with E-state index in [1.54, 1.807) is 36.8 Å². The minimum Gasteiger partial charge on any atom is -0.366 e. The number of fused-ring (bicyclic) bond motifs is 1. The Balaban J connectivity index is 1.61. The van der Waals surface area contributed by atoms with Crippen molar-refractivity contribution in [2.45, 2.75) is 0 Å². The summed E-state index contributed by atoms with van der Waals surface area (Å²) < 4.78 is 0. The van der Waals surface area contributed by atoms with E-state index in [2.05, 4.69) is 20.9 Å². The molecule has 1 aliphatic heterocycles. The minimum atomic E-state index is -0.0223. The largest absolute Gasteiger partial charge is 0.366 e. The van der Waals surface area contributed by atoms with Crippen molar-refractivity contribution in [2.24, 2.45) is 0 Å². The average molecular weight is 378 g/mol. The van der Waals surface area contributed by atoms with Crippen LogP contribution in [-0.4, -0.2) is 47.0 Å². The van der Waals surface area contributed by atoms with Gasteiger partial charge in [0.25, 0.3) is 5.91 Å². The molecule has 1 aromatic carbocycles. The van der Waals surface area contributed by atoms with Crippen LogP contribution in [0.15, 0.2) is 48.9 Å². The van der Waals surface area contributed by atoms with Gasteiger partial charge in [-0.05, 0) is 30.3 Å². The molecule has 27 heavy (non-hydrogen) atoms. The normalized spacial score (nSPS) is 14.2. The Morgan fingerprint density at radius 1 is 1.15 bits per heavy atom. The van der Waals surface area contributed by atoms with E-state index in [9.17, 15) is 10.1 Å². The minimum absolute atomic E-state index is 0.0223. The number of carbonyl (C=O) groups is 1. The Kier molecular flexibility index (Phi) is 4.61. The van der Waals surface area contributed by atoms with Crippen molar-refractivity contribution < 1.29 is 4.79 Å². The van der Waals surface area contributed by atoms with Crippen molar-refractivity contribution in [3.05, 3.63) is 65.1 Å². The fourth-order valence-electron chi connectivity index (χ4n) is 3.38. The van der Waals surface area contributed by atoms with Gasteiger partial charge in [-0.3, -0.25) is 14.8 Å². The topological polar surface area (TPSA) is 73.1 Å². The van der Waals surface area contributed by atoms with E-state index in [1.165, 1.54) is 0 Å². The van der Waals surface area contributed by atoms with E-state index in [0.29, 0.717) is 42.3 Å². The average Bonchev–Trinajstić information content (AvgIpc) is 2.73. The number of hydrogen-bond donors (Lipinski definition) is 0. The van der Waals surface area contributed by atoms with E-state index in [4.69, 9.17) is 11.6 Å². The number of nitriles is 1. The molecule has 4 rings (SSSR count). The maximum Gasteiger partial charge on any atom is 0.255 e. The van der Waals surface area contributed by atoms with Gasteiger partial charge in [-0.2, -0.15) is 5.26 Å². The van der Waals surface area contributed by atoms with Crippen LogP contribution < -0.4 is 4.90 Å².